The van der Waals surface area contributed by atoms with E-state index in [1.165, 1.54) is 5.56 Å². The number of carbonyl (C=O) groups is 1. The third-order valence-electron chi connectivity index (χ3n) is 3.92. The molecule has 3 heterocycles. The predicted molar refractivity (Wildman–Crippen MR) is 83.6 cm³/mol. The Morgan fingerprint density at radius 2 is 2.19 bits per heavy atom. The maximum absolute atomic E-state index is 12.5. The highest BCUT2D eigenvalue weighted by Gasteiger charge is 2.23. The topological polar surface area (TPSA) is 36.7 Å². The minimum absolute atomic E-state index is 0.0230. The zero-order valence-corrected chi connectivity index (χ0v) is 13.1. The first-order chi connectivity index (χ1) is 10.2. The van der Waals surface area contributed by atoms with Crippen LogP contribution in [0.3, 0.4) is 0 Å². The molecule has 5 heteroatoms. The van der Waals surface area contributed by atoms with Crippen LogP contribution in [-0.4, -0.2) is 41.9 Å². The molecule has 1 aliphatic heterocycles. The standard InChI is InChI=1S/C16H20N2O2S/c1-13-3-9-20-15(13)16(19)18-6-2-5-17(7-8-18)11-14-4-10-21-12-14/h3-4,9-10,12H,2,5-8,11H2,1H3. The van der Waals surface area contributed by atoms with Gasteiger partial charge in [0.05, 0.1) is 6.26 Å². The summed E-state index contributed by atoms with van der Waals surface area (Å²) < 4.78 is 5.33. The molecule has 0 spiro atoms. The molecule has 0 radical (unpaired) electrons. The van der Waals surface area contributed by atoms with Crippen molar-refractivity contribution in [2.24, 2.45) is 0 Å². The number of amides is 1. The second-order valence-corrected chi connectivity index (χ2v) is 6.27. The SMILES string of the molecule is Cc1ccoc1C(=O)N1CCCN(Cc2ccsc2)CC1. The van der Waals surface area contributed by atoms with Crippen molar-refractivity contribution in [2.45, 2.75) is 19.9 Å². The van der Waals surface area contributed by atoms with Crippen LogP contribution in [0, 0.1) is 6.92 Å². The van der Waals surface area contributed by atoms with Crippen LogP contribution >= 0.6 is 11.3 Å². The molecule has 0 saturated carbocycles. The first-order valence-electron chi connectivity index (χ1n) is 7.31. The molecule has 2 aromatic heterocycles. The Hall–Kier alpha value is -1.59. The number of thiophene rings is 1. The number of nitrogens with zero attached hydrogens (tertiary/aromatic N) is 2. The van der Waals surface area contributed by atoms with E-state index in [1.807, 2.05) is 17.9 Å². The van der Waals surface area contributed by atoms with Crippen molar-refractivity contribution in [1.29, 1.82) is 0 Å². The Morgan fingerprint density at radius 1 is 1.29 bits per heavy atom. The van der Waals surface area contributed by atoms with Crippen LogP contribution in [0.15, 0.2) is 33.6 Å². The summed E-state index contributed by atoms with van der Waals surface area (Å²) in [4.78, 5) is 16.8. The lowest BCUT2D eigenvalue weighted by atomic mass is 10.2. The lowest BCUT2D eigenvalue weighted by molar-refractivity contribution is 0.0728. The largest absolute Gasteiger partial charge is 0.459 e. The van der Waals surface area contributed by atoms with Gasteiger partial charge in [0.2, 0.25) is 0 Å². The van der Waals surface area contributed by atoms with Crippen LogP contribution in [-0.2, 0) is 6.54 Å². The molecule has 0 bridgehead atoms. The third kappa shape index (κ3) is 3.36. The summed E-state index contributed by atoms with van der Waals surface area (Å²) in [6.07, 6.45) is 2.60. The van der Waals surface area contributed by atoms with E-state index in [0.29, 0.717) is 5.76 Å². The van der Waals surface area contributed by atoms with E-state index in [9.17, 15) is 4.79 Å². The van der Waals surface area contributed by atoms with Crippen molar-refractivity contribution in [2.75, 3.05) is 26.2 Å². The van der Waals surface area contributed by atoms with Crippen LogP contribution in [0.4, 0.5) is 0 Å². The van der Waals surface area contributed by atoms with Gasteiger partial charge in [-0.25, -0.2) is 0 Å². The maximum atomic E-state index is 12.5. The summed E-state index contributed by atoms with van der Waals surface area (Å²) in [5.74, 6) is 0.510. The predicted octanol–water partition coefficient (Wildman–Crippen LogP) is 3.00. The minimum atomic E-state index is 0.0230. The van der Waals surface area contributed by atoms with Crippen molar-refractivity contribution < 1.29 is 9.21 Å². The third-order valence-corrected chi connectivity index (χ3v) is 4.65. The Balaban J connectivity index is 1.60. The summed E-state index contributed by atoms with van der Waals surface area (Å²) >= 11 is 1.74. The molecule has 0 aromatic carbocycles. The van der Waals surface area contributed by atoms with E-state index < -0.39 is 0 Å². The number of carbonyl (C=O) groups excluding carboxylic acids is 1. The van der Waals surface area contributed by atoms with E-state index in [1.54, 1.807) is 17.6 Å². The Labute approximate surface area is 129 Å². The van der Waals surface area contributed by atoms with Gasteiger partial charge in [0, 0.05) is 38.3 Å². The van der Waals surface area contributed by atoms with E-state index >= 15 is 0 Å². The zero-order chi connectivity index (χ0) is 14.7. The highest BCUT2D eigenvalue weighted by Crippen LogP contribution is 2.16. The molecule has 21 heavy (non-hydrogen) atoms. The van der Waals surface area contributed by atoms with Crippen LogP contribution in [0.25, 0.3) is 0 Å². The van der Waals surface area contributed by atoms with Crippen molar-refractivity contribution in [1.82, 2.24) is 9.80 Å². The molecule has 0 aliphatic carbocycles. The van der Waals surface area contributed by atoms with Gasteiger partial charge < -0.3 is 9.32 Å². The summed E-state index contributed by atoms with van der Waals surface area (Å²) in [5, 5.41) is 4.31. The molecule has 1 fully saturated rings. The van der Waals surface area contributed by atoms with E-state index in [0.717, 1.165) is 44.7 Å². The van der Waals surface area contributed by atoms with Gasteiger partial charge in [-0.2, -0.15) is 11.3 Å². The molecule has 112 valence electrons. The second kappa shape index (κ2) is 6.45. The van der Waals surface area contributed by atoms with Gasteiger partial charge in [0.25, 0.3) is 5.91 Å². The van der Waals surface area contributed by atoms with Gasteiger partial charge >= 0.3 is 0 Å². The van der Waals surface area contributed by atoms with Gasteiger partial charge in [0.1, 0.15) is 0 Å². The summed E-state index contributed by atoms with van der Waals surface area (Å²) in [6, 6.07) is 4.01. The summed E-state index contributed by atoms with van der Waals surface area (Å²) in [6.45, 7) is 6.42. The fraction of sp³-hybridized carbons (Fsp3) is 0.438. The van der Waals surface area contributed by atoms with E-state index in [2.05, 4.69) is 21.7 Å². The monoisotopic (exact) mass is 304 g/mol. The maximum Gasteiger partial charge on any atom is 0.289 e. The van der Waals surface area contributed by atoms with Gasteiger partial charge in [-0.05, 0) is 41.8 Å². The minimum Gasteiger partial charge on any atom is -0.459 e. The molecule has 0 unspecified atom stereocenters. The second-order valence-electron chi connectivity index (χ2n) is 5.49. The number of aryl methyl sites for hydroxylation is 1. The van der Waals surface area contributed by atoms with Crippen LogP contribution in [0.2, 0.25) is 0 Å². The molecule has 1 saturated heterocycles. The quantitative estimate of drug-likeness (QED) is 0.874. The van der Waals surface area contributed by atoms with Crippen molar-refractivity contribution in [3.63, 3.8) is 0 Å². The molecule has 4 nitrogen and oxygen atoms in total. The Kier molecular flexibility index (Phi) is 4.41. The van der Waals surface area contributed by atoms with Gasteiger partial charge in [0.15, 0.2) is 5.76 Å². The molecule has 0 N–H and O–H groups in total. The highest BCUT2D eigenvalue weighted by atomic mass is 32.1. The normalized spacial score (nSPS) is 16.9. The van der Waals surface area contributed by atoms with Crippen LogP contribution in [0.1, 0.15) is 28.1 Å². The van der Waals surface area contributed by atoms with Crippen LogP contribution < -0.4 is 0 Å². The molecule has 0 atom stereocenters. The lowest BCUT2D eigenvalue weighted by Crippen LogP contribution is -2.35. The molecule has 1 aliphatic rings. The van der Waals surface area contributed by atoms with Gasteiger partial charge in [-0.3, -0.25) is 9.69 Å². The number of hydrogen-bond acceptors (Lipinski definition) is 4. The average molecular weight is 304 g/mol. The average Bonchev–Trinajstić information content (AvgIpc) is 3.07. The van der Waals surface area contributed by atoms with Crippen molar-refractivity contribution >= 4 is 17.2 Å². The Bertz CT molecular complexity index is 591. The van der Waals surface area contributed by atoms with Crippen LogP contribution in [0.5, 0.6) is 0 Å². The number of furan rings is 1. The Morgan fingerprint density at radius 3 is 2.90 bits per heavy atom. The molecular formula is C16H20N2O2S. The smallest absolute Gasteiger partial charge is 0.289 e. The first-order valence-corrected chi connectivity index (χ1v) is 8.25. The molecule has 3 rings (SSSR count). The first kappa shape index (κ1) is 14.4. The lowest BCUT2D eigenvalue weighted by Gasteiger charge is -2.21. The van der Waals surface area contributed by atoms with Crippen molar-refractivity contribution in [3.8, 4) is 0 Å². The van der Waals surface area contributed by atoms with Crippen molar-refractivity contribution in [3.05, 3.63) is 46.0 Å². The molecule has 1 amide bonds. The van der Waals surface area contributed by atoms with Gasteiger partial charge in [-0.1, -0.05) is 0 Å². The van der Waals surface area contributed by atoms with E-state index in [4.69, 9.17) is 4.42 Å². The zero-order valence-electron chi connectivity index (χ0n) is 12.2. The van der Waals surface area contributed by atoms with Gasteiger partial charge in [-0.15, -0.1) is 0 Å². The number of hydrogen-bond donors (Lipinski definition) is 0. The summed E-state index contributed by atoms with van der Waals surface area (Å²) in [5.41, 5.74) is 2.28. The highest BCUT2D eigenvalue weighted by molar-refractivity contribution is 7.07. The molecular weight excluding hydrogens is 284 g/mol. The summed E-state index contributed by atoms with van der Waals surface area (Å²) in [7, 11) is 0. The number of rotatable bonds is 3. The van der Waals surface area contributed by atoms with E-state index in [-0.39, 0.29) is 5.91 Å². The molecule has 2 aromatic rings. The fourth-order valence-corrected chi connectivity index (χ4v) is 3.37. The fourth-order valence-electron chi connectivity index (χ4n) is 2.71.